The third-order valence-corrected chi connectivity index (χ3v) is 3.24. The van der Waals surface area contributed by atoms with Gasteiger partial charge in [-0.05, 0) is 30.5 Å². The van der Waals surface area contributed by atoms with E-state index in [1.165, 1.54) is 10.8 Å². The van der Waals surface area contributed by atoms with Crippen molar-refractivity contribution in [1.29, 1.82) is 0 Å². The van der Waals surface area contributed by atoms with Gasteiger partial charge in [0.2, 0.25) is 0 Å². The topological polar surface area (TPSA) is 35.2 Å². The first kappa shape index (κ1) is 12.8. The Balaban J connectivity index is 2.67. The molecule has 0 aromatic heterocycles. The molecule has 0 spiro atoms. The number of allylic oxidation sites excluding steroid dienone is 1. The smallest absolute Gasteiger partial charge is 0.142 e. The Morgan fingerprint density at radius 1 is 1.25 bits per heavy atom. The number of nitrogen functional groups attached to an aromatic ring is 1. The lowest BCUT2D eigenvalue weighted by atomic mass is 10.2. The quantitative estimate of drug-likeness (QED) is 0.626. The first-order chi connectivity index (χ1) is 7.69. The molecule has 1 rings (SSSR count). The Morgan fingerprint density at radius 2 is 1.94 bits per heavy atom. The molecule has 0 heterocycles. The molecule has 0 fully saturated rings. The van der Waals surface area contributed by atoms with Crippen LogP contribution in [0.15, 0.2) is 35.0 Å². The first-order valence-corrected chi connectivity index (χ1v) is 6.08. The van der Waals surface area contributed by atoms with E-state index in [1.54, 1.807) is 0 Å². The zero-order valence-electron chi connectivity index (χ0n) is 9.92. The van der Waals surface area contributed by atoms with Crippen molar-refractivity contribution in [3.8, 4) is 5.75 Å². The summed E-state index contributed by atoms with van der Waals surface area (Å²) in [7, 11) is 3.62. The minimum atomic E-state index is 0.595. The number of anilines is 1. The van der Waals surface area contributed by atoms with Crippen LogP contribution in [0, 0.1) is 0 Å². The summed E-state index contributed by atoms with van der Waals surface area (Å²) < 4.78 is 5.70. The molecule has 0 saturated heterocycles. The number of para-hydroxylation sites is 2. The fraction of sp³-hybridized carbons (Fsp3) is 0.385. The third kappa shape index (κ3) is 3.42. The molecule has 2 N–H and O–H groups in total. The fourth-order valence-electron chi connectivity index (χ4n) is 1.43. The van der Waals surface area contributed by atoms with Crippen LogP contribution in [0.3, 0.4) is 0 Å². The predicted octanol–water partition coefficient (Wildman–Crippen LogP) is 2.89. The second-order valence-corrected chi connectivity index (χ2v) is 4.22. The van der Waals surface area contributed by atoms with Gasteiger partial charge in [0.15, 0.2) is 0 Å². The van der Waals surface area contributed by atoms with Crippen LogP contribution in [0.4, 0.5) is 5.69 Å². The van der Waals surface area contributed by atoms with Crippen molar-refractivity contribution >= 4 is 15.9 Å². The molecule has 0 atom stereocenters. The van der Waals surface area contributed by atoms with E-state index in [2.05, 4.69) is 24.1 Å². The van der Waals surface area contributed by atoms with Gasteiger partial charge in [0.25, 0.3) is 0 Å². The molecular weight excluding hydrogens is 214 g/mol. The van der Waals surface area contributed by atoms with Gasteiger partial charge in [0, 0.05) is 0 Å². The number of rotatable bonds is 5. The van der Waals surface area contributed by atoms with Crippen LogP contribution in [0.25, 0.3) is 0 Å². The molecule has 2 nitrogen and oxygen atoms in total. The number of hydrogen-bond donors (Lipinski definition) is 1. The summed E-state index contributed by atoms with van der Waals surface area (Å²) in [6, 6.07) is 7.57. The lowest BCUT2D eigenvalue weighted by Crippen LogP contribution is -2.05. The summed E-state index contributed by atoms with van der Waals surface area (Å²) in [5.74, 6) is 0.754. The van der Waals surface area contributed by atoms with Gasteiger partial charge in [-0.3, -0.25) is 0 Å². The SMILES string of the molecule is CCC([Si])=C(CC)COc1ccccc1N. The fourth-order valence-corrected chi connectivity index (χ4v) is 1.68. The second-order valence-electron chi connectivity index (χ2n) is 3.62. The first-order valence-electron chi connectivity index (χ1n) is 5.58. The van der Waals surface area contributed by atoms with Crippen LogP contribution in [0.1, 0.15) is 26.7 Å². The standard InChI is InChI=1S/C13H18NOSi/c1-3-10(13(16)4-2)9-15-12-8-6-5-7-11(12)14/h5-8H,3-4,9,14H2,1-2H3. The van der Waals surface area contributed by atoms with Gasteiger partial charge in [0.05, 0.1) is 15.9 Å². The van der Waals surface area contributed by atoms with Crippen LogP contribution >= 0.6 is 0 Å². The Morgan fingerprint density at radius 3 is 2.50 bits per heavy atom. The van der Waals surface area contributed by atoms with Gasteiger partial charge in [-0.25, -0.2) is 0 Å². The highest BCUT2D eigenvalue weighted by atomic mass is 28.1. The number of nitrogens with two attached hydrogens (primary N) is 1. The van der Waals surface area contributed by atoms with Crippen LogP contribution in [-0.4, -0.2) is 16.8 Å². The maximum absolute atomic E-state index is 5.80. The lowest BCUT2D eigenvalue weighted by molar-refractivity contribution is 0.349. The minimum Gasteiger partial charge on any atom is -0.487 e. The van der Waals surface area contributed by atoms with Crippen molar-refractivity contribution in [2.75, 3.05) is 12.3 Å². The summed E-state index contributed by atoms with van der Waals surface area (Å²) >= 11 is 0. The molecule has 16 heavy (non-hydrogen) atoms. The summed E-state index contributed by atoms with van der Waals surface area (Å²) in [6.07, 6.45) is 1.98. The highest BCUT2D eigenvalue weighted by Gasteiger charge is 2.02. The van der Waals surface area contributed by atoms with E-state index in [4.69, 9.17) is 10.5 Å². The number of hydrogen-bond acceptors (Lipinski definition) is 2. The maximum Gasteiger partial charge on any atom is 0.142 e. The van der Waals surface area contributed by atoms with E-state index in [1.807, 2.05) is 24.3 Å². The lowest BCUT2D eigenvalue weighted by Gasteiger charge is -2.12. The van der Waals surface area contributed by atoms with Crippen molar-refractivity contribution in [2.45, 2.75) is 26.7 Å². The Labute approximate surface area is 101 Å². The zero-order valence-corrected chi connectivity index (χ0v) is 10.9. The third-order valence-electron chi connectivity index (χ3n) is 2.53. The van der Waals surface area contributed by atoms with Crippen LogP contribution < -0.4 is 10.5 Å². The zero-order chi connectivity index (χ0) is 12.0. The Hall–Kier alpha value is -1.22. The van der Waals surface area contributed by atoms with Crippen LogP contribution in [0.2, 0.25) is 0 Å². The molecular formula is C13H18NOSi. The minimum absolute atomic E-state index is 0.595. The van der Waals surface area contributed by atoms with Crippen LogP contribution in [0.5, 0.6) is 5.75 Å². The highest BCUT2D eigenvalue weighted by molar-refractivity contribution is 6.22. The predicted molar refractivity (Wildman–Crippen MR) is 69.7 cm³/mol. The molecule has 0 unspecified atom stereocenters. The van der Waals surface area contributed by atoms with Gasteiger partial charge in [-0.15, -0.1) is 0 Å². The molecule has 0 bridgehead atoms. The monoisotopic (exact) mass is 232 g/mol. The van der Waals surface area contributed by atoms with Crippen LogP contribution in [-0.2, 0) is 0 Å². The van der Waals surface area contributed by atoms with E-state index in [9.17, 15) is 0 Å². The maximum atomic E-state index is 5.80. The molecule has 3 radical (unpaired) electrons. The molecule has 0 aliphatic heterocycles. The molecule has 1 aromatic carbocycles. The Bertz CT molecular complexity index is 374. The van der Waals surface area contributed by atoms with E-state index >= 15 is 0 Å². The number of ether oxygens (including phenoxy) is 1. The highest BCUT2D eigenvalue weighted by Crippen LogP contribution is 2.21. The molecule has 85 valence electrons. The van der Waals surface area contributed by atoms with Crippen molar-refractivity contribution in [3.05, 3.63) is 35.0 Å². The van der Waals surface area contributed by atoms with Gasteiger partial charge < -0.3 is 10.5 Å². The molecule has 0 aliphatic rings. The van der Waals surface area contributed by atoms with E-state index in [0.717, 1.165) is 18.6 Å². The second kappa shape index (κ2) is 6.38. The van der Waals surface area contributed by atoms with E-state index in [-0.39, 0.29) is 0 Å². The summed E-state index contributed by atoms with van der Waals surface area (Å²) in [6.45, 7) is 4.84. The van der Waals surface area contributed by atoms with Crippen molar-refractivity contribution in [1.82, 2.24) is 0 Å². The summed E-state index contributed by atoms with van der Waals surface area (Å²) in [5.41, 5.74) is 7.77. The molecule has 3 heteroatoms. The Kier molecular flexibility index (Phi) is 5.12. The average Bonchev–Trinajstić information content (AvgIpc) is 2.31. The number of benzene rings is 1. The van der Waals surface area contributed by atoms with Gasteiger partial charge in [0.1, 0.15) is 12.4 Å². The molecule has 0 saturated carbocycles. The largest absolute Gasteiger partial charge is 0.487 e. The summed E-state index contributed by atoms with van der Waals surface area (Å²) in [5, 5.41) is 1.22. The average molecular weight is 232 g/mol. The molecule has 0 aliphatic carbocycles. The van der Waals surface area contributed by atoms with Gasteiger partial charge >= 0.3 is 0 Å². The van der Waals surface area contributed by atoms with Gasteiger partial charge in [-0.2, -0.15) is 0 Å². The van der Waals surface area contributed by atoms with E-state index in [0.29, 0.717) is 12.3 Å². The normalized spacial score (nSPS) is 12.2. The van der Waals surface area contributed by atoms with E-state index < -0.39 is 0 Å². The van der Waals surface area contributed by atoms with Crippen molar-refractivity contribution in [3.63, 3.8) is 0 Å². The summed E-state index contributed by atoms with van der Waals surface area (Å²) in [4.78, 5) is 0. The van der Waals surface area contributed by atoms with Gasteiger partial charge in [-0.1, -0.05) is 31.2 Å². The molecule has 0 amide bonds. The molecule has 1 aromatic rings. The van der Waals surface area contributed by atoms with Crippen molar-refractivity contribution < 1.29 is 4.74 Å². The van der Waals surface area contributed by atoms with Crippen molar-refractivity contribution in [2.24, 2.45) is 0 Å².